The van der Waals surface area contributed by atoms with Crippen molar-refractivity contribution in [3.63, 3.8) is 0 Å². The minimum absolute atomic E-state index is 0.128. The number of carbonyl (C=O) groups excluding carboxylic acids is 1. The minimum atomic E-state index is -2.50. The Kier molecular flexibility index (Phi) is 6.91. The highest BCUT2D eigenvalue weighted by atomic mass is 19.3. The zero-order valence-corrected chi connectivity index (χ0v) is 18.6. The first-order valence-electron chi connectivity index (χ1n) is 11.3. The fraction of sp³-hybridized carbons (Fsp3) is 0.609. The van der Waals surface area contributed by atoms with Gasteiger partial charge in [0.2, 0.25) is 11.9 Å². The summed E-state index contributed by atoms with van der Waals surface area (Å²) in [7, 11) is 1.66. The molecule has 3 heterocycles. The number of benzene rings is 1. The van der Waals surface area contributed by atoms with E-state index in [1.165, 1.54) is 16.6 Å². The predicted octanol–water partition coefficient (Wildman–Crippen LogP) is 3.85. The van der Waals surface area contributed by atoms with E-state index in [9.17, 15) is 13.6 Å². The van der Waals surface area contributed by atoms with Crippen LogP contribution in [0.2, 0.25) is 0 Å². The van der Waals surface area contributed by atoms with Gasteiger partial charge in [-0.3, -0.25) is 4.79 Å². The number of amides is 1. The number of hydrogen-bond acceptors (Lipinski definition) is 5. The van der Waals surface area contributed by atoms with Gasteiger partial charge < -0.3 is 15.0 Å². The zero-order valence-electron chi connectivity index (χ0n) is 18.6. The van der Waals surface area contributed by atoms with Crippen molar-refractivity contribution < 1.29 is 18.3 Å². The number of likely N-dealkylation sites (tertiary alicyclic amines) is 1. The highest BCUT2D eigenvalue weighted by Crippen LogP contribution is 2.35. The number of alkyl halides is 2. The maximum absolute atomic E-state index is 13.6. The molecule has 2 aliphatic rings. The molecule has 3 atom stereocenters. The molecule has 0 aliphatic carbocycles. The number of aryl methyl sites for hydroxylation is 2. The second-order valence-corrected chi connectivity index (χ2v) is 8.82. The standard InChI is InChI=1S/C23H31F2N5O2/c1-15-11-16(8-9-20(15)32-2)5-3-7-21(31)29-10-4-6-17(13-29)18-12-19(22(24)25)30-23(28-18)26-14-27-30/h8-9,11,14,17-19,22H,3-7,10,12-13H2,1-2H3,(H,26,27,28)/t17?,18-,19+/m0/s1. The van der Waals surface area contributed by atoms with E-state index in [2.05, 4.69) is 21.5 Å². The van der Waals surface area contributed by atoms with Gasteiger partial charge in [-0.25, -0.2) is 13.5 Å². The van der Waals surface area contributed by atoms with Crippen LogP contribution >= 0.6 is 0 Å². The summed E-state index contributed by atoms with van der Waals surface area (Å²) in [4.78, 5) is 18.9. The highest BCUT2D eigenvalue weighted by Gasteiger charge is 2.38. The largest absolute Gasteiger partial charge is 0.496 e. The summed E-state index contributed by atoms with van der Waals surface area (Å²) in [5.74, 6) is 1.53. The van der Waals surface area contributed by atoms with Crippen molar-refractivity contribution in [2.24, 2.45) is 5.92 Å². The Morgan fingerprint density at radius 2 is 2.22 bits per heavy atom. The van der Waals surface area contributed by atoms with Crippen molar-refractivity contribution in [1.29, 1.82) is 0 Å². The number of aromatic nitrogens is 3. The number of carbonyl (C=O) groups is 1. The molecule has 174 valence electrons. The summed E-state index contributed by atoms with van der Waals surface area (Å²) in [5.41, 5.74) is 2.29. The van der Waals surface area contributed by atoms with Crippen molar-refractivity contribution in [3.05, 3.63) is 35.7 Å². The molecule has 32 heavy (non-hydrogen) atoms. The maximum atomic E-state index is 13.6. The molecule has 0 bridgehead atoms. The topological polar surface area (TPSA) is 72.3 Å². The lowest BCUT2D eigenvalue weighted by Gasteiger charge is -2.40. The first-order chi connectivity index (χ1) is 15.5. The maximum Gasteiger partial charge on any atom is 0.260 e. The van der Waals surface area contributed by atoms with E-state index in [0.29, 0.717) is 18.9 Å². The predicted molar refractivity (Wildman–Crippen MR) is 117 cm³/mol. The van der Waals surface area contributed by atoms with E-state index in [4.69, 9.17) is 4.74 Å². The summed E-state index contributed by atoms with van der Waals surface area (Å²) < 4.78 is 33.7. The number of piperidine rings is 1. The second kappa shape index (κ2) is 9.83. The van der Waals surface area contributed by atoms with Crippen LogP contribution in [0.5, 0.6) is 5.75 Å². The fourth-order valence-electron chi connectivity index (χ4n) is 4.96. The van der Waals surface area contributed by atoms with Gasteiger partial charge in [0.05, 0.1) is 7.11 Å². The van der Waals surface area contributed by atoms with Gasteiger partial charge in [0.25, 0.3) is 6.43 Å². The Bertz CT molecular complexity index is 935. The van der Waals surface area contributed by atoms with E-state index < -0.39 is 12.5 Å². The molecule has 7 nitrogen and oxygen atoms in total. The lowest BCUT2D eigenvalue weighted by molar-refractivity contribution is -0.133. The fourth-order valence-corrected chi connectivity index (χ4v) is 4.96. The molecular formula is C23H31F2N5O2. The van der Waals surface area contributed by atoms with Gasteiger partial charge in [0.15, 0.2) is 0 Å². The molecule has 9 heteroatoms. The van der Waals surface area contributed by atoms with Crippen molar-refractivity contribution in [2.45, 2.75) is 64.0 Å². The summed E-state index contributed by atoms with van der Waals surface area (Å²) >= 11 is 0. The molecule has 1 aromatic heterocycles. The number of nitrogens with one attached hydrogen (secondary N) is 1. The van der Waals surface area contributed by atoms with Gasteiger partial charge in [0.1, 0.15) is 18.1 Å². The molecule has 2 aliphatic heterocycles. The summed E-state index contributed by atoms with van der Waals surface area (Å²) in [6.07, 6.45) is 3.01. The number of rotatable bonds is 7. The van der Waals surface area contributed by atoms with E-state index in [1.807, 2.05) is 24.0 Å². The van der Waals surface area contributed by atoms with Crippen LogP contribution < -0.4 is 10.1 Å². The van der Waals surface area contributed by atoms with Gasteiger partial charge in [-0.15, -0.1) is 0 Å². The Morgan fingerprint density at radius 1 is 1.38 bits per heavy atom. The first kappa shape index (κ1) is 22.5. The van der Waals surface area contributed by atoms with Crippen molar-refractivity contribution >= 4 is 11.9 Å². The van der Waals surface area contributed by atoms with Crippen LogP contribution in [0.4, 0.5) is 14.7 Å². The lowest BCUT2D eigenvalue weighted by atomic mass is 9.86. The number of fused-ring (bicyclic) bond motifs is 1. The Morgan fingerprint density at radius 3 is 2.97 bits per heavy atom. The number of anilines is 1. The number of ether oxygens (including phenoxy) is 1. The molecule has 0 saturated carbocycles. The van der Waals surface area contributed by atoms with E-state index in [0.717, 1.165) is 43.5 Å². The number of methoxy groups -OCH3 is 1. The highest BCUT2D eigenvalue weighted by molar-refractivity contribution is 5.76. The molecule has 4 rings (SSSR count). The number of nitrogens with zero attached hydrogens (tertiary/aromatic N) is 4. The Labute approximate surface area is 187 Å². The molecule has 0 spiro atoms. The molecule has 1 fully saturated rings. The molecule has 0 radical (unpaired) electrons. The average molecular weight is 448 g/mol. The molecule has 1 aromatic carbocycles. The first-order valence-corrected chi connectivity index (χ1v) is 11.3. The van der Waals surface area contributed by atoms with Crippen LogP contribution in [0.3, 0.4) is 0 Å². The van der Waals surface area contributed by atoms with Crippen molar-refractivity contribution in [1.82, 2.24) is 19.7 Å². The third-order valence-corrected chi connectivity index (χ3v) is 6.68. The molecule has 1 unspecified atom stereocenters. The quantitative estimate of drug-likeness (QED) is 0.698. The zero-order chi connectivity index (χ0) is 22.7. The monoisotopic (exact) mass is 447 g/mol. The Hall–Kier alpha value is -2.71. The second-order valence-electron chi connectivity index (χ2n) is 8.82. The molecule has 2 aromatic rings. The minimum Gasteiger partial charge on any atom is -0.496 e. The van der Waals surface area contributed by atoms with E-state index in [1.54, 1.807) is 7.11 Å². The molecule has 1 N–H and O–H groups in total. The third-order valence-electron chi connectivity index (χ3n) is 6.68. The van der Waals surface area contributed by atoms with Crippen LogP contribution in [-0.2, 0) is 11.2 Å². The Balaban J connectivity index is 1.31. The normalized spacial score (nSPS) is 23.0. The van der Waals surface area contributed by atoms with Crippen LogP contribution in [-0.4, -0.2) is 58.2 Å². The number of halogens is 2. The molecular weight excluding hydrogens is 416 g/mol. The van der Waals surface area contributed by atoms with E-state index >= 15 is 0 Å². The third kappa shape index (κ3) is 4.86. The van der Waals surface area contributed by atoms with Crippen molar-refractivity contribution in [3.8, 4) is 5.75 Å². The van der Waals surface area contributed by atoms with Crippen LogP contribution in [0.1, 0.15) is 49.3 Å². The smallest absolute Gasteiger partial charge is 0.260 e. The van der Waals surface area contributed by atoms with Crippen LogP contribution in [0.25, 0.3) is 0 Å². The SMILES string of the molecule is COc1ccc(CCCC(=O)N2CCCC([C@@H]3C[C@H](C(F)F)n4ncnc4N3)C2)cc1C. The summed E-state index contributed by atoms with van der Waals surface area (Å²) in [6, 6.07) is 5.00. The summed E-state index contributed by atoms with van der Waals surface area (Å²) in [6.45, 7) is 3.35. The molecule has 1 saturated heterocycles. The average Bonchev–Trinajstić information content (AvgIpc) is 3.27. The van der Waals surface area contributed by atoms with Crippen LogP contribution in [0.15, 0.2) is 24.5 Å². The van der Waals surface area contributed by atoms with Crippen molar-refractivity contribution in [2.75, 3.05) is 25.5 Å². The molecule has 1 amide bonds. The van der Waals surface area contributed by atoms with Gasteiger partial charge in [-0.05, 0) is 62.1 Å². The lowest BCUT2D eigenvalue weighted by Crippen LogP contribution is -2.48. The summed E-state index contributed by atoms with van der Waals surface area (Å²) in [5, 5.41) is 7.23. The number of hydrogen-bond donors (Lipinski definition) is 1. The van der Waals surface area contributed by atoms with Gasteiger partial charge in [-0.1, -0.05) is 12.1 Å². The van der Waals surface area contributed by atoms with Crippen LogP contribution in [0, 0.1) is 12.8 Å². The van der Waals surface area contributed by atoms with Gasteiger partial charge in [0, 0.05) is 25.6 Å². The van der Waals surface area contributed by atoms with E-state index in [-0.39, 0.29) is 24.3 Å². The van der Waals surface area contributed by atoms with Gasteiger partial charge in [-0.2, -0.15) is 10.1 Å². The van der Waals surface area contributed by atoms with Gasteiger partial charge >= 0.3 is 0 Å².